The number of carbonyl (C=O) groups is 1. The molecule has 1 atom stereocenters. The Morgan fingerprint density at radius 2 is 1.81 bits per heavy atom. The lowest BCUT2D eigenvalue weighted by molar-refractivity contribution is -0.270. The van der Waals surface area contributed by atoms with Crippen LogP contribution in [0.25, 0.3) is 0 Å². The first kappa shape index (κ1) is 15.5. The average Bonchev–Trinajstić information content (AvgIpc) is 2.15. The third-order valence-corrected chi connectivity index (χ3v) is 2.57. The second kappa shape index (κ2) is 5.70. The van der Waals surface area contributed by atoms with E-state index in [-0.39, 0.29) is 5.75 Å². The summed E-state index contributed by atoms with van der Waals surface area (Å²) in [6.07, 6.45) is -3.90. The quantitative estimate of drug-likeness (QED) is 0.774. The number of hydrogen-bond acceptors (Lipinski definition) is 2. The van der Waals surface area contributed by atoms with Gasteiger partial charge in [0, 0.05) is 11.8 Å². The molecule has 0 spiro atoms. The Kier molecular flexibility index (Phi) is 5.51. The molecule has 0 radical (unpaired) electrons. The summed E-state index contributed by atoms with van der Waals surface area (Å²) in [5, 5.41) is 1.68. The molecule has 0 saturated carbocycles. The Bertz CT molecular complexity index is 243. The summed E-state index contributed by atoms with van der Waals surface area (Å²) in [5.41, 5.74) is 0. The third-order valence-electron chi connectivity index (χ3n) is 1.84. The molecule has 0 aliphatic rings. The minimum atomic E-state index is -5.85. The van der Waals surface area contributed by atoms with Gasteiger partial charge in [-0.05, 0) is 12.7 Å². The number of rotatable bonds is 5. The molecule has 0 fully saturated rings. The van der Waals surface area contributed by atoms with E-state index in [1.54, 1.807) is 18.5 Å². The topological polar surface area (TPSA) is 29.1 Å². The predicted octanol–water partition coefficient (Wildman–Crippen LogP) is 2.44. The van der Waals surface area contributed by atoms with E-state index in [0.717, 1.165) is 0 Å². The van der Waals surface area contributed by atoms with Gasteiger partial charge in [-0.15, -0.1) is 0 Å². The van der Waals surface area contributed by atoms with Crippen LogP contribution in [0.1, 0.15) is 13.3 Å². The van der Waals surface area contributed by atoms with E-state index < -0.39 is 24.0 Å². The summed E-state index contributed by atoms with van der Waals surface area (Å²) in [7, 11) is 0. The van der Waals surface area contributed by atoms with Crippen molar-refractivity contribution in [2.75, 3.05) is 12.0 Å². The summed E-state index contributed by atoms with van der Waals surface area (Å²) in [6.45, 7) is 1.59. The number of hydrogen-bond donors (Lipinski definition) is 1. The standard InChI is InChI=1S/C8H12F5NOS/c1-3-5(4-16-2)14-6(15)7(9,10)8(11,12)13/h5H,3-4H2,1-2H3,(H,14,15). The van der Waals surface area contributed by atoms with Crippen molar-refractivity contribution in [3.63, 3.8) is 0 Å². The first-order chi connectivity index (χ1) is 7.16. The van der Waals surface area contributed by atoms with Crippen LogP contribution in [-0.2, 0) is 4.79 Å². The molecule has 1 N–H and O–H groups in total. The number of nitrogens with one attached hydrogen (secondary N) is 1. The molecular formula is C8H12F5NOS. The number of carbonyl (C=O) groups excluding carboxylic acids is 1. The molecule has 16 heavy (non-hydrogen) atoms. The van der Waals surface area contributed by atoms with Crippen molar-refractivity contribution in [1.82, 2.24) is 5.32 Å². The van der Waals surface area contributed by atoms with Crippen LogP contribution in [0, 0.1) is 0 Å². The van der Waals surface area contributed by atoms with Crippen LogP contribution in [0.3, 0.4) is 0 Å². The van der Waals surface area contributed by atoms with E-state index in [4.69, 9.17) is 0 Å². The first-order valence-corrected chi connectivity index (χ1v) is 5.80. The zero-order valence-corrected chi connectivity index (χ0v) is 9.51. The van der Waals surface area contributed by atoms with Crippen molar-refractivity contribution in [1.29, 1.82) is 0 Å². The molecule has 0 aromatic carbocycles. The highest BCUT2D eigenvalue weighted by molar-refractivity contribution is 7.98. The van der Waals surface area contributed by atoms with Crippen molar-refractivity contribution >= 4 is 17.7 Å². The molecule has 8 heteroatoms. The summed E-state index contributed by atoms with van der Waals surface area (Å²) < 4.78 is 60.5. The summed E-state index contributed by atoms with van der Waals surface area (Å²) >= 11 is 1.25. The fourth-order valence-corrected chi connectivity index (χ4v) is 1.59. The third kappa shape index (κ3) is 3.80. The Balaban J connectivity index is 4.56. The van der Waals surface area contributed by atoms with Gasteiger partial charge in [0.1, 0.15) is 0 Å². The van der Waals surface area contributed by atoms with Crippen LogP contribution < -0.4 is 5.32 Å². The van der Waals surface area contributed by atoms with Crippen LogP contribution in [0.2, 0.25) is 0 Å². The predicted molar refractivity (Wildman–Crippen MR) is 51.6 cm³/mol. The fourth-order valence-electron chi connectivity index (χ4n) is 0.868. The van der Waals surface area contributed by atoms with Gasteiger partial charge in [0.05, 0.1) is 0 Å². The molecule has 0 aromatic rings. The lowest BCUT2D eigenvalue weighted by Crippen LogP contribution is -2.53. The first-order valence-electron chi connectivity index (χ1n) is 4.41. The van der Waals surface area contributed by atoms with E-state index in [0.29, 0.717) is 6.42 Å². The van der Waals surface area contributed by atoms with Crippen LogP contribution in [-0.4, -0.2) is 36.1 Å². The zero-order valence-electron chi connectivity index (χ0n) is 8.70. The minimum absolute atomic E-state index is 0.288. The molecule has 0 bridgehead atoms. The number of alkyl halides is 5. The van der Waals surface area contributed by atoms with Crippen LogP contribution in [0.4, 0.5) is 22.0 Å². The van der Waals surface area contributed by atoms with Gasteiger partial charge < -0.3 is 5.32 Å². The summed E-state index contributed by atoms with van der Waals surface area (Å²) in [4.78, 5) is 10.8. The molecule has 2 nitrogen and oxygen atoms in total. The molecule has 0 saturated heterocycles. The van der Waals surface area contributed by atoms with E-state index in [1.165, 1.54) is 11.8 Å². The number of halogens is 5. The monoisotopic (exact) mass is 265 g/mol. The van der Waals surface area contributed by atoms with Gasteiger partial charge in [-0.3, -0.25) is 4.79 Å². The van der Waals surface area contributed by atoms with Gasteiger partial charge in [0.15, 0.2) is 0 Å². The lowest BCUT2D eigenvalue weighted by atomic mass is 10.2. The summed E-state index contributed by atoms with van der Waals surface area (Å²) in [5.74, 6) is -7.34. The van der Waals surface area contributed by atoms with Crippen molar-refractivity contribution < 1.29 is 26.7 Å². The van der Waals surface area contributed by atoms with Crippen molar-refractivity contribution in [2.45, 2.75) is 31.5 Å². The molecule has 0 heterocycles. The van der Waals surface area contributed by atoms with E-state index in [9.17, 15) is 26.7 Å². The Labute approximate surface area is 94.0 Å². The number of thioether (sulfide) groups is 1. The maximum absolute atomic E-state index is 12.5. The normalized spacial score (nSPS) is 14.7. The van der Waals surface area contributed by atoms with E-state index in [2.05, 4.69) is 0 Å². The molecule has 0 rings (SSSR count). The summed E-state index contributed by atoms with van der Waals surface area (Å²) in [6, 6.07) is -0.685. The van der Waals surface area contributed by atoms with Gasteiger partial charge in [-0.1, -0.05) is 6.92 Å². The van der Waals surface area contributed by atoms with E-state index >= 15 is 0 Å². The van der Waals surface area contributed by atoms with Crippen molar-refractivity contribution in [3.8, 4) is 0 Å². The molecule has 1 amide bonds. The number of amides is 1. The van der Waals surface area contributed by atoms with Crippen LogP contribution in [0.15, 0.2) is 0 Å². The molecule has 1 unspecified atom stereocenters. The molecule has 0 aliphatic heterocycles. The van der Waals surface area contributed by atoms with Crippen LogP contribution in [0.5, 0.6) is 0 Å². The van der Waals surface area contributed by atoms with E-state index in [1.807, 2.05) is 0 Å². The largest absolute Gasteiger partial charge is 0.463 e. The smallest absolute Gasteiger partial charge is 0.347 e. The van der Waals surface area contributed by atoms with Gasteiger partial charge in [0.2, 0.25) is 0 Å². The zero-order chi connectivity index (χ0) is 13.0. The van der Waals surface area contributed by atoms with Gasteiger partial charge in [-0.25, -0.2) is 0 Å². The molecule has 0 aromatic heterocycles. The lowest BCUT2D eigenvalue weighted by Gasteiger charge is -2.22. The maximum Gasteiger partial charge on any atom is 0.463 e. The second-order valence-corrected chi connectivity index (χ2v) is 4.02. The van der Waals surface area contributed by atoms with Crippen LogP contribution >= 0.6 is 11.8 Å². The molecule has 0 aliphatic carbocycles. The van der Waals surface area contributed by atoms with Gasteiger partial charge in [0.25, 0.3) is 0 Å². The Morgan fingerprint density at radius 1 is 1.31 bits per heavy atom. The highest BCUT2D eigenvalue weighted by Gasteiger charge is 2.63. The van der Waals surface area contributed by atoms with Gasteiger partial charge in [-0.2, -0.15) is 33.7 Å². The minimum Gasteiger partial charge on any atom is -0.347 e. The fraction of sp³-hybridized carbons (Fsp3) is 0.875. The van der Waals surface area contributed by atoms with Crippen molar-refractivity contribution in [3.05, 3.63) is 0 Å². The van der Waals surface area contributed by atoms with Crippen molar-refractivity contribution in [2.24, 2.45) is 0 Å². The molecular weight excluding hydrogens is 253 g/mol. The average molecular weight is 265 g/mol. The molecule has 96 valence electrons. The highest BCUT2D eigenvalue weighted by Crippen LogP contribution is 2.35. The maximum atomic E-state index is 12.5. The van der Waals surface area contributed by atoms with Gasteiger partial charge >= 0.3 is 18.0 Å². The second-order valence-electron chi connectivity index (χ2n) is 3.11. The SMILES string of the molecule is CCC(CSC)NC(=O)C(F)(F)C(F)(F)F. The Morgan fingerprint density at radius 3 is 2.12 bits per heavy atom. The highest BCUT2D eigenvalue weighted by atomic mass is 32.2. The Hall–Kier alpha value is -0.530.